The summed E-state index contributed by atoms with van der Waals surface area (Å²) >= 11 is 6.01. The molecule has 0 spiro atoms. The summed E-state index contributed by atoms with van der Waals surface area (Å²) in [6.07, 6.45) is -6.32. The van der Waals surface area contributed by atoms with Crippen LogP contribution >= 0.6 is 11.6 Å². The predicted molar refractivity (Wildman–Crippen MR) is 119 cm³/mol. The lowest BCUT2D eigenvalue weighted by molar-refractivity contribution is -0.200. The number of ether oxygens (including phenoxy) is 1. The minimum Gasteiger partial charge on any atom is -0.455 e. The number of aromatic nitrogens is 4. The molecule has 4 rings (SSSR count). The molecule has 13 heteroatoms. The number of rotatable bonds is 6. The zero-order valence-corrected chi connectivity index (χ0v) is 19.3. The first-order valence-corrected chi connectivity index (χ1v) is 11.6. The molecule has 0 saturated carbocycles. The number of hydrogen-bond acceptors (Lipinski definition) is 6. The van der Waals surface area contributed by atoms with E-state index in [1.54, 1.807) is 12.1 Å². The van der Waals surface area contributed by atoms with Gasteiger partial charge in [0.15, 0.2) is 0 Å². The van der Waals surface area contributed by atoms with Crippen LogP contribution in [0.5, 0.6) is 5.88 Å². The number of aryl methyl sites for hydroxylation is 1. The van der Waals surface area contributed by atoms with E-state index in [9.17, 15) is 21.6 Å². The third-order valence-electron chi connectivity index (χ3n) is 4.95. The highest BCUT2D eigenvalue weighted by molar-refractivity contribution is 7.92. The Bertz CT molecular complexity index is 1470. The van der Waals surface area contributed by atoms with Gasteiger partial charge >= 0.3 is 6.18 Å². The van der Waals surface area contributed by atoms with Crippen LogP contribution in [0, 0.1) is 6.92 Å². The van der Waals surface area contributed by atoms with Gasteiger partial charge in [-0.2, -0.15) is 13.2 Å². The van der Waals surface area contributed by atoms with Crippen molar-refractivity contribution in [1.29, 1.82) is 0 Å². The van der Waals surface area contributed by atoms with Gasteiger partial charge in [0.05, 0.1) is 27.9 Å². The SMILES string of the molecule is Cc1ncc(C(Oc2nc3ccccc3nc2NS(=O)(=O)c2ccccc2Cl)C(F)(F)F)n1C. The molecule has 2 heterocycles. The number of fused-ring (bicyclic) bond motifs is 1. The van der Waals surface area contributed by atoms with Gasteiger partial charge in [-0.25, -0.2) is 23.4 Å². The zero-order valence-electron chi connectivity index (χ0n) is 17.7. The van der Waals surface area contributed by atoms with E-state index >= 15 is 0 Å². The van der Waals surface area contributed by atoms with E-state index in [0.29, 0.717) is 5.82 Å². The van der Waals surface area contributed by atoms with E-state index in [1.807, 2.05) is 0 Å². The molecule has 0 aliphatic heterocycles. The molecule has 1 atom stereocenters. The topological polar surface area (TPSA) is 99.0 Å². The second kappa shape index (κ2) is 8.76. The first kappa shape index (κ1) is 23.8. The van der Waals surface area contributed by atoms with Crippen molar-refractivity contribution in [3.05, 3.63) is 71.3 Å². The molecule has 1 N–H and O–H groups in total. The minimum atomic E-state index is -4.87. The Morgan fingerprint density at radius 2 is 1.68 bits per heavy atom. The van der Waals surface area contributed by atoms with Gasteiger partial charge < -0.3 is 9.30 Å². The molecule has 0 amide bonds. The average molecular weight is 512 g/mol. The molecule has 34 heavy (non-hydrogen) atoms. The lowest BCUT2D eigenvalue weighted by Crippen LogP contribution is -2.29. The number of nitrogens with one attached hydrogen (secondary N) is 1. The van der Waals surface area contributed by atoms with Crippen LogP contribution in [0.15, 0.2) is 59.6 Å². The maximum atomic E-state index is 14.0. The fraction of sp³-hybridized carbons (Fsp3) is 0.190. The van der Waals surface area contributed by atoms with Crippen molar-refractivity contribution in [3.8, 4) is 5.88 Å². The molecule has 0 fully saturated rings. The molecule has 4 aromatic rings. The summed E-state index contributed by atoms with van der Waals surface area (Å²) in [7, 11) is -2.93. The summed E-state index contributed by atoms with van der Waals surface area (Å²) in [5.41, 5.74) is 0.159. The lowest BCUT2D eigenvalue weighted by Gasteiger charge is -2.23. The quantitative estimate of drug-likeness (QED) is 0.399. The van der Waals surface area contributed by atoms with Crippen molar-refractivity contribution in [2.45, 2.75) is 24.1 Å². The standard InChI is InChI=1S/C21H17ClF3N5O3S/c1-12-26-11-16(30(12)2)18(21(23,24)25)33-20-19(27-14-8-4-5-9-15(14)28-20)29-34(31,32)17-10-6-3-7-13(17)22/h3-11,18H,1-2H3,(H,27,29). The van der Waals surface area contributed by atoms with Crippen molar-refractivity contribution in [3.63, 3.8) is 0 Å². The van der Waals surface area contributed by atoms with Gasteiger partial charge in [-0.3, -0.25) is 4.72 Å². The number of anilines is 1. The van der Waals surface area contributed by atoms with Crippen LogP contribution in [-0.4, -0.2) is 34.1 Å². The fourth-order valence-electron chi connectivity index (χ4n) is 3.15. The van der Waals surface area contributed by atoms with E-state index in [1.165, 1.54) is 54.9 Å². The lowest BCUT2D eigenvalue weighted by atomic mass is 10.2. The normalized spacial score (nSPS) is 13.1. The van der Waals surface area contributed by atoms with Gasteiger partial charge in [-0.15, -0.1) is 0 Å². The predicted octanol–water partition coefficient (Wildman–Crippen LogP) is 4.81. The smallest absolute Gasteiger partial charge is 0.431 e. The Hall–Kier alpha value is -3.38. The molecule has 0 aliphatic carbocycles. The maximum absolute atomic E-state index is 14.0. The number of halogens is 4. The molecule has 178 valence electrons. The molecule has 2 aromatic heterocycles. The molecule has 0 saturated heterocycles. The molecule has 8 nitrogen and oxygen atoms in total. The van der Waals surface area contributed by atoms with Crippen LogP contribution < -0.4 is 9.46 Å². The van der Waals surface area contributed by atoms with Gasteiger partial charge in [-0.1, -0.05) is 35.9 Å². The largest absolute Gasteiger partial charge is 0.455 e. The molecule has 0 bridgehead atoms. The van der Waals surface area contributed by atoms with Crippen LogP contribution in [0.3, 0.4) is 0 Å². The monoisotopic (exact) mass is 511 g/mol. The second-order valence-corrected chi connectivity index (χ2v) is 9.29. The van der Waals surface area contributed by atoms with Crippen molar-refractivity contribution >= 4 is 38.5 Å². The fourth-order valence-corrected chi connectivity index (χ4v) is 4.67. The number of benzene rings is 2. The number of para-hydroxylation sites is 2. The van der Waals surface area contributed by atoms with E-state index < -0.39 is 34.0 Å². The van der Waals surface area contributed by atoms with Crippen molar-refractivity contribution in [2.75, 3.05) is 4.72 Å². The first-order valence-electron chi connectivity index (χ1n) is 9.73. The third kappa shape index (κ3) is 4.64. The highest BCUT2D eigenvalue weighted by Gasteiger charge is 2.46. The van der Waals surface area contributed by atoms with Crippen molar-refractivity contribution in [1.82, 2.24) is 19.5 Å². The van der Waals surface area contributed by atoms with Gasteiger partial charge in [0.2, 0.25) is 11.9 Å². The average Bonchev–Trinajstić information content (AvgIpc) is 3.09. The molecule has 2 aromatic carbocycles. The van der Waals surface area contributed by atoms with E-state index in [4.69, 9.17) is 16.3 Å². The minimum absolute atomic E-state index is 0.0789. The Labute approximate surface area is 197 Å². The van der Waals surface area contributed by atoms with Crippen LogP contribution in [0.25, 0.3) is 11.0 Å². The molecular formula is C21H17ClF3N5O3S. The zero-order chi connectivity index (χ0) is 24.7. The van der Waals surface area contributed by atoms with Gasteiger partial charge in [0.1, 0.15) is 10.7 Å². The summed E-state index contributed by atoms with van der Waals surface area (Å²) in [6.45, 7) is 1.54. The number of hydrogen-bond donors (Lipinski definition) is 1. The Balaban J connectivity index is 1.84. The van der Waals surface area contributed by atoms with E-state index in [0.717, 1.165) is 6.20 Å². The van der Waals surface area contributed by atoms with E-state index in [2.05, 4.69) is 19.7 Å². The summed E-state index contributed by atoms with van der Waals surface area (Å²) in [5, 5.41) is -0.0789. The van der Waals surface area contributed by atoms with E-state index in [-0.39, 0.29) is 26.6 Å². The van der Waals surface area contributed by atoms with Gasteiger partial charge in [-0.05, 0) is 31.2 Å². The van der Waals surface area contributed by atoms with Crippen molar-refractivity contribution < 1.29 is 26.3 Å². The number of nitrogens with zero attached hydrogens (tertiary/aromatic N) is 4. The van der Waals surface area contributed by atoms with Gasteiger partial charge in [0, 0.05) is 7.05 Å². The maximum Gasteiger partial charge on any atom is 0.431 e. The summed E-state index contributed by atoms with van der Waals surface area (Å²) in [4.78, 5) is 11.9. The first-order chi connectivity index (χ1) is 16.0. The van der Waals surface area contributed by atoms with Crippen LogP contribution in [-0.2, 0) is 17.1 Å². The van der Waals surface area contributed by atoms with Crippen LogP contribution in [0.2, 0.25) is 5.02 Å². The second-order valence-electron chi connectivity index (χ2n) is 7.23. The summed E-state index contributed by atoms with van der Waals surface area (Å²) in [6, 6.07) is 11.9. The van der Waals surface area contributed by atoms with Crippen LogP contribution in [0.1, 0.15) is 17.6 Å². The highest BCUT2D eigenvalue weighted by atomic mass is 35.5. The Kier molecular flexibility index (Phi) is 6.13. The van der Waals surface area contributed by atoms with Crippen LogP contribution in [0.4, 0.5) is 19.0 Å². The highest BCUT2D eigenvalue weighted by Crippen LogP contribution is 2.39. The molecule has 0 radical (unpaired) electrons. The van der Waals surface area contributed by atoms with Gasteiger partial charge in [0.25, 0.3) is 15.9 Å². The number of imidazole rings is 1. The number of alkyl halides is 3. The summed E-state index contributed by atoms with van der Waals surface area (Å²) < 4.78 is 76.6. The van der Waals surface area contributed by atoms with Crippen molar-refractivity contribution in [2.24, 2.45) is 7.05 Å². The molecular weight excluding hydrogens is 495 g/mol. The molecule has 1 unspecified atom stereocenters. The Morgan fingerprint density at radius 3 is 2.26 bits per heavy atom. The number of sulfonamides is 1. The third-order valence-corrected chi connectivity index (χ3v) is 6.79. The summed E-state index contributed by atoms with van der Waals surface area (Å²) in [5.74, 6) is -0.848. The molecule has 0 aliphatic rings. The Morgan fingerprint density at radius 1 is 1.06 bits per heavy atom.